The molecule has 1 heterocycles. The summed E-state index contributed by atoms with van der Waals surface area (Å²) in [6, 6.07) is 14.6. The third kappa shape index (κ3) is 4.65. The largest absolute Gasteiger partial charge is 0.495 e. The second-order valence-corrected chi connectivity index (χ2v) is 9.21. The molecule has 0 N–H and O–H groups in total. The maximum absolute atomic E-state index is 13.8. The molecule has 1 aliphatic rings. The summed E-state index contributed by atoms with van der Waals surface area (Å²) < 4.78 is 7.25. The highest BCUT2D eigenvalue weighted by atomic mass is 16.5. The lowest BCUT2D eigenvalue weighted by Gasteiger charge is -2.33. The quantitative estimate of drug-likeness (QED) is 0.456. The topological polar surface area (TPSA) is 64.4 Å². The standard InChI is InChI=1S/C27H33N3O3/c1-5-22(29(17-16-18(2)3)26(31)19-14-15-19)25-28-21-11-7-6-10-20(21)27(32)30(25)23-12-8-9-13-24(23)33-4/h6-13,18-19,22H,5,14-17H2,1-4H3. The molecule has 1 fully saturated rings. The van der Waals surface area contributed by atoms with E-state index >= 15 is 0 Å². The van der Waals surface area contributed by atoms with Gasteiger partial charge in [0.05, 0.1) is 29.7 Å². The third-order valence-corrected chi connectivity index (χ3v) is 6.35. The van der Waals surface area contributed by atoms with Gasteiger partial charge >= 0.3 is 0 Å². The third-order valence-electron chi connectivity index (χ3n) is 6.35. The van der Waals surface area contributed by atoms with Crippen LogP contribution in [-0.4, -0.2) is 34.0 Å². The molecule has 4 rings (SSSR count). The Labute approximate surface area is 195 Å². The molecule has 0 bridgehead atoms. The second-order valence-electron chi connectivity index (χ2n) is 9.21. The molecule has 33 heavy (non-hydrogen) atoms. The van der Waals surface area contributed by atoms with Gasteiger partial charge in [0, 0.05) is 12.5 Å². The van der Waals surface area contributed by atoms with Gasteiger partial charge in [-0.05, 0) is 55.9 Å². The van der Waals surface area contributed by atoms with Gasteiger partial charge in [-0.25, -0.2) is 4.98 Å². The van der Waals surface area contributed by atoms with Gasteiger partial charge in [-0.1, -0.05) is 45.0 Å². The minimum atomic E-state index is -0.306. The summed E-state index contributed by atoms with van der Waals surface area (Å²) in [4.78, 5) is 34.2. The van der Waals surface area contributed by atoms with Gasteiger partial charge in [0.2, 0.25) is 5.91 Å². The van der Waals surface area contributed by atoms with Crippen LogP contribution < -0.4 is 10.3 Å². The Morgan fingerprint density at radius 3 is 2.52 bits per heavy atom. The molecule has 0 spiro atoms. The monoisotopic (exact) mass is 447 g/mol. The number of ether oxygens (including phenoxy) is 1. The first kappa shape index (κ1) is 23.0. The predicted molar refractivity (Wildman–Crippen MR) is 131 cm³/mol. The molecule has 0 aliphatic heterocycles. The SMILES string of the molecule is CCC(c1nc2ccccc2c(=O)n1-c1ccccc1OC)N(CCC(C)C)C(=O)C1CC1. The normalized spacial score (nSPS) is 14.5. The summed E-state index contributed by atoms with van der Waals surface area (Å²) in [5.41, 5.74) is 1.13. The molecular formula is C27H33N3O3. The molecule has 2 aromatic carbocycles. The number of rotatable bonds is 9. The van der Waals surface area contributed by atoms with Crippen molar-refractivity contribution >= 4 is 16.8 Å². The van der Waals surface area contributed by atoms with Gasteiger partial charge < -0.3 is 9.64 Å². The van der Waals surface area contributed by atoms with Gasteiger partial charge in [-0.15, -0.1) is 0 Å². The van der Waals surface area contributed by atoms with Crippen molar-refractivity contribution in [3.05, 3.63) is 64.7 Å². The smallest absolute Gasteiger partial charge is 0.266 e. The lowest BCUT2D eigenvalue weighted by atomic mass is 10.1. The Morgan fingerprint density at radius 2 is 1.85 bits per heavy atom. The number of carbonyl (C=O) groups excluding carboxylic acids is 1. The first-order chi connectivity index (χ1) is 16.0. The van der Waals surface area contributed by atoms with Crippen LogP contribution in [0.5, 0.6) is 5.75 Å². The Balaban J connectivity index is 1.95. The van der Waals surface area contributed by atoms with Crippen molar-refractivity contribution in [3.8, 4) is 11.4 Å². The van der Waals surface area contributed by atoms with Gasteiger partial charge in [0.1, 0.15) is 11.6 Å². The number of nitrogens with zero attached hydrogens (tertiary/aromatic N) is 3. The van der Waals surface area contributed by atoms with E-state index in [2.05, 4.69) is 20.8 Å². The minimum absolute atomic E-state index is 0.0955. The molecule has 6 nitrogen and oxygen atoms in total. The Bertz CT molecular complexity index is 1200. The number of carbonyl (C=O) groups is 1. The molecule has 1 unspecified atom stereocenters. The van der Waals surface area contributed by atoms with E-state index in [1.807, 2.05) is 47.4 Å². The van der Waals surface area contributed by atoms with E-state index in [4.69, 9.17) is 9.72 Å². The van der Waals surface area contributed by atoms with Gasteiger partial charge in [0.15, 0.2) is 0 Å². The fraction of sp³-hybridized carbons (Fsp3) is 0.444. The fourth-order valence-corrected chi connectivity index (χ4v) is 4.34. The summed E-state index contributed by atoms with van der Waals surface area (Å²) in [5, 5.41) is 0.546. The van der Waals surface area contributed by atoms with Crippen molar-refractivity contribution in [2.45, 2.75) is 52.5 Å². The Hall–Kier alpha value is -3.15. The van der Waals surface area contributed by atoms with Crippen molar-refractivity contribution in [2.24, 2.45) is 11.8 Å². The van der Waals surface area contributed by atoms with Crippen LogP contribution in [0.4, 0.5) is 0 Å². The van der Waals surface area contributed by atoms with E-state index in [0.717, 1.165) is 19.3 Å². The maximum Gasteiger partial charge on any atom is 0.266 e. The average Bonchev–Trinajstić information content (AvgIpc) is 3.67. The number of aromatic nitrogens is 2. The molecule has 0 saturated heterocycles. The molecule has 1 saturated carbocycles. The van der Waals surface area contributed by atoms with Crippen LogP contribution in [-0.2, 0) is 4.79 Å². The Morgan fingerprint density at radius 1 is 1.15 bits per heavy atom. The fourth-order valence-electron chi connectivity index (χ4n) is 4.34. The molecule has 0 radical (unpaired) electrons. The second kappa shape index (κ2) is 9.77. The lowest BCUT2D eigenvalue weighted by Crippen LogP contribution is -2.40. The molecular weight excluding hydrogens is 414 g/mol. The molecule has 6 heteroatoms. The predicted octanol–water partition coefficient (Wildman–Crippen LogP) is 5.13. The van der Waals surface area contributed by atoms with Crippen molar-refractivity contribution in [2.75, 3.05) is 13.7 Å². The average molecular weight is 448 g/mol. The van der Waals surface area contributed by atoms with E-state index in [0.29, 0.717) is 47.0 Å². The van der Waals surface area contributed by atoms with Crippen molar-refractivity contribution in [3.63, 3.8) is 0 Å². The number of hydrogen-bond acceptors (Lipinski definition) is 4. The maximum atomic E-state index is 13.8. The van der Waals surface area contributed by atoms with Gasteiger partial charge in [0.25, 0.3) is 5.56 Å². The van der Waals surface area contributed by atoms with E-state index in [1.165, 1.54) is 0 Å². The number of benzene rings is 2. The van der Waals surface area contributed by atoms with Crippen molar-refractivity contribution in [1.29, 1.82) is 0 Å². The number of methoxy groups -OCH3 is 1. The molecule has 1 aliphatic carbocycles. The number of hydrogen-bond donors (Lipinski definition) is 0. The molecule has 174 valence electrons. The summed E-state index contributed by atoms with van der Waals surface area (Å²) in [5.74, 6) is 1.92. The number of fused-ring (bicyclic) bond motifs is 1. The van der Waals surface area contributed by atoms with Crippen LogP contribution in [0, 0.1) is 11.8 Å². The lowest BCUT2D eigenvalue weighted by molar-refractivity contribution is -0.135. The van der Waals surface area contributed by atoms with Crippen molar-refractivity contribution in [1.82, 2.24) is 14.5 Å². The summed E-state index contributed by atoms with van der Waals surface area (Å²) >= 11 is 0. The number of para-hydroxylation sites is 3. The van der Waals surface area contributed by atoms with Crippen molar-refractivity contribution < 1.29 is 9.53 Å². The zero-order valence-corrected chi connectivity index (χ0v) is 20.0. The first-order valence-electron chi connectivity index (χ1n) is 11.9. The van der Waals surface area contributed by atoms with E-state index in [1.54, 1.807) is 17.7 Å². The minimum Gasteiger partial charge on any atom is -0.495 e. The van der Waals surface area contributed by atoms with Crippen LogP contribution in [0.3, 0.4) is 0 Å². The van der Waals surface area contributed by atoms with Crippen LogP contribution >= 0.6 is 0 Å². The van der Waals surface area contributed by atoms with E-state index in [9.17, 15) is 9.59 Å². The highest BCUT2D eigenvalue weighted by molar-refractivity contribution is 5.82. The highest BCUT2D eigenvalue weighted by Gasteiger charge is 2.38. The Kier molecular flexibility index (Phi) is 6.82. The zero-order chi connectivity index (χ0) is 23.5. The number of amides is 1. The molecule has 1 aromatic heterocycles. The molecule has 1 amide bonds. The van der Waals surface area contributed by atoms with Crippen LogP contribution in [0.1, 0.15) is 58.3 Å². The van der Waals surface area contributed by atoms with Crippen LogP contribution in [0.2, 0.25) is 0 Å². The van der Waals surface area contributed by atoms with E-state index < -0.39 is 0 Å². The summed E-state index contributed by atoms with van der Waals surface area (Å²) in [6.07, 6.45) is 3.45. The van der Waals surface area contributed by atoms with Crippen LogP contribution in [0.25, 0.3) is 16.6 Å². The van der Waals surface area contributed by atoms with E-state index in [-0.39, 0.29) is 23.4 Å². The van der Waals surface area contributed by atoms with Gasteiger partial charge in [-0.2, -0.15) is 0 Å². The summed E-state index contributed by atoms with van der Waals surface area (Å²) in [6.45, 7) is 7.04. The van der Waals surface area contributed by atoms with Crippen LogP contribution in [0.15, 0.2) is 53.3 Å². The highest BCUT2D eigenvalue weighted by Crippen LogP contribution is 2.36. The molecule has 3 aromatic rings. The first-order valence-corrected chi connectivity index (χ1v) is 11.9. The molecule has 1 atom stereocenters. The van der Waals surface area contributed by atoms with Gasteiger partial charge in [-0.3, -0.25) is 14.2 Å². The summed E-state index contributed by atoms with van der Waals surface area (Å²) in [7, 11) is 1.60. The zero-order valence-electron chi connectivity index (χ0n) is 20.0.